The minimum atomic E-state index is -0.910. The molecular formula is C13H21NO3S. The Kier molecular flexibility index (Phi) is 6.75. The number of benzene rings is 1. The molecule has 0 bridgehead atoms. The summed E-state index contributed by atoms with van der Waals surface area (Å²) in [5.74, 6) is 1.88. The van der Waals surface area contributed by atoms with Crippen molar-refractivity contribution < 1.29 is 13.7 Å². The van der Waals surface area contributed by atoms with Crippen molar-refractivity contribution in [3.05, 3.63) is 23.8 Å². The molecule has 0 spiro atoms. The van der Waals surface area contributed by atoms with Gasteiger partial charge < -0.3 is 15.2 Å². The number of hydrogen-bond donors (Lipinski definition) is 1. The summed E-state index contributed by atoms with van der Waals surface area (Å²) in [6.07, 6.45) is 0.801. The second-order valence-electron chi connectivity index (χ2n) is 3.93. The van der Waals surface area contributed by atoms with Crippen molar-refractivity contribution in [3.8, 4) is 5.75 Å². The van der Waals surface area contributed by atoms with E-state index in [1.54, 1.807) is 13.2 Å². The van der Waals surface area contributed by atoms with Gasteiger partial charge in [0.15, 0.2) is 0 Å². The molecule has 0 saturated heterocycles. The normalized spacial score (nSPS) is 12.3. The first-order chi connectivity index (χ1) is 8.67. The Bertz CT molecular complexity index is 396. The van der Waals surface area contributed by atoms with E-state index in [2.05, 4.69) is 0 Å². The molecule has 1 aromatic rings. The van der Waals surface area contributed by atoms with Crippen LogP contribution in [0.4, 0.5) is 5.69 Å². The Hall–Kier alpha value is -1.07. The number of ether oxygens (including phenoxy) is 2. The van der Waals surface area contributed by atoms with E-state index < -0.39 is 10.8 Å². The minimum absolute atomic E-state index is 0.476. The van der Waals surface area contributed by atoms with Gasteiger partial charge >= 0.3 is 0 Å². The number of nitrogens with two attached hydrogens (primary N) is 1. The van der Waals surface area contributed by atoms with Gasteiger partial charge in [-0.1, -0.05) is 0 Å². The highest BCUT2D eigenvalue weighted by atomic mass is 32.2. The molecular weight excluding hydrogens is 250 g/mol. The van der Waals surface area contributed by atoms with Gasteiger partial charge in [0.05, 0.1) is 12.4 Å². The Morgan fingerprint density at radius 3 is 2.83 bits per heavy atom. The van der Waals surface area contributed by atoms with E-state index in [0.717, 1.165) is 17.7 Å². The third-order valence-electron chi connectivity index (χ3n) is 2.42. The predicted octanol–water partition coefficient (Wildman–Crippen LogP) is 1.95. The van der Waals surface area contributed by atoms with Gasteiger partial charge in [-0.25, -0.2) is 0 Å². The molecule has 5 heteroatoms. The van der Waals surface area contributed by atoms with Crippen LogP contribution in [-0.4, -0.2) is 30.3 Å². The lowest BCUT2D eigenvalue weighted by Gasteiger charge is -2.10. The Morgan fingerprint density at radius 2 is 2.17 bits per heavy atom. The average molecular weight is 271 g/mol. The molecule has 1 atom stereocenters. The summed E-state index contributed by atoms with van der Waals surface area (Å²) in [6, 6.07) is 5.46. The third-order valence-corrected chi connectivity index (χ3v) is 3.80. The van der Waals surface area contributed by atoms with E-state index in [1.807, 2.05) is 19.1 Å². The van der Waals surface area contributed by atoms with Gasteiger partial charge in [0, 0.05) is 41.5 Å². The van der Waals surface area contributed by atoms with Crippen LogP contribution in [0.3, 0.4) is 0 Å². The SMILES string of the molecule is CCOc1ccc(N)cc1CS(=O)CCCOC. The highest BCUT2D eigenvalue weighted by molar-refractivity contribution is 7.84. The molecule has 0 aliphatic heterocycles. The summed E-state index contributed by atoms with van der Waals surface area (Å²) in [7, 11) is 0.737. The van der Waals surface area contributed by atoms with Crippen LogP contribution in [0.15, 0.2) is 18.2 Å². The van der Waals surface area contributed by atoms with Crippen molar-refractivity contribution in [3.63, 3.8) is 0 Å². The quantitative estimate of drug-likeness (QED) is 0.580. The Morgan fingerprint density at radius 1 is 1.39 bits per heavy atom. The average Bonchev–Trinajstić information content (AvgIpc) is 2.33. The predicted molar refractivity (Wildman–Crippen MR) is 75.2 cm³/mol. The lowest BCUT2D eigenvalue weighted by molar-refractivity contribution is 0.200. The van der Waals surface area contributed by atoms with Crippen LogP contribution in [0.5, 0.6) is 5.75 Å². The summed E-state index contributed by atoms with van der Waals surface area (Å²) in [4.78, 5) is 0. The van der Waals surface area contributed by atoms with Crippen LogP contribution < -0.4 is 10.5 Å². The molecule has 0 radical (unpaired) electrons. The van der Waals surface area contributed by atoms with Crippen LogP contribution in [0, 0.1) is 0 Å². The lowest BCUT2D eigenvalue weighted by atomic mass is 10.2. The van der Waals surface area contributed by atoms with E-state index in [9.17, 15) is 4.21 Å². The molecule has 0 aliphatic rings. The molecule has 0 heterocycles. The van der Waals surface area contributed by atoms with Gasteiger partial charge in [0.2, 0.25) is 0 Å². The molecule has 1 rings (SSSR count). The van der Waals surface area contributed by atoms with Crippen molar-refractivity contribution in [2.24, 2.45) is 0 Å². The first-order valence-electron chi connectivity index (χ1n) is 6.02. The van der Waals surface area contributed by atoms with Crippen LogP contribution in [0.2, 0.25) is 0 Å². The molecule has 18 heavy (non-hydrogen) atoms. The van der Waals surface area contributed by atoms with Gasteiger partial charge in [0.25, 0.3) is 0 Å². The van der Waals surface area contributed by atoms with Crippen LogP contribution >= 0.6 is 0 Å². The van der Waals surface area contributed by atoms with Crippen LogP contribution in [0.25, 0.3) is 0 Å². The lowest BCUT2D eigenvalue weighted by Crippen LogP contribution is -2.06. The number of hydrogen-bond acceptors (Lipinski definition) is 4. The first kappa shape index (κ1) is 15.0. The zero-order chi connectivity index (χ0) is 13.4. The van der Waals surface area contributed by atoms with Crippen LogP contribution in [-0.2, 0) is 21.3 Å². The second-order valence-corrected chi connectivity index (χ2v) is 5.51. The van der Waals surface area contributed by atoms with Crippen molar-refractivity contribution >= 4 is 16.5 Å². The van der Waals surface area contributed by atoms with Gasteiger partial charge in [-0.15, -0.1) is 0 Å². The molecule has 0 saturated carbocycles. The fraction of sp³-hybridized carbons (Fsp3) is 0.538. The van der Waals surface area contributed by atoms with E-state index in [0.29, 0.717) is 30.4 Å². The second kappa shape index (κ2) is 8.11. The highest BCUT2D eigenvalue weighted by Gasteiger charge is 2.08. The van der Waals surface area contributed by atoms with Gasteiger partial charge in [0.1, 0.15) is 5.75 Å². The largest absolute Gasteiger partial charge is 0.494 e. The summed E-state index contributed by atoms with van der Waals surface area (Å²) >= 11 is 0. The smallest absolute Gasteiger partial charge is 0.123 e. The van der Waals surface area contributed by atoms with Gasteiger partial charge in [-0.2, -0.15) is 0 Å². The topological polar surface area (TPSA) is 61.5 Å². The zero-order valence-corrected chi connectivity index (χ0v) is 11.8. The zero-order valence-electron chi connectivity index (χ0n) is 11.0. The van der Waals surface area contributed by atoms with E-state index >= 15 is 0 Å². The number of nitrogen functional groups attached to an aromatic ring is 1. The van der Waals surface area contributed by atoms with Crippen molar-refractivity contribution in [1.82, 2.24) is 0 Å². The Labute approximate surface area is 111 Å². The van der Waals surface area contributed by atoms with E-state index in [-0.39, 0.29) is 0 Å². The van der Waals surface area contributed by atoms with Crippen molar-refractivity contribution in [2.45, 2.75) is 19.1 Å². The molecule has 1 unspecified atom stereocenters. The number of methoxy groups -OCH3 is 1. The molecule has 4 nitrogen and oxygen atoms in total. The fourth-order valence-electron chi connectivity index (χ4n) is 1.62. The van der Waals surface area contributed by atoms with Gasteiger partial charge in [-0.3, -0.25) is 4.21 Å². The first-order valence-corrected chi connectivity index (χ1v) is 7.51. The Balaban J connectivity index is 2.63. The number of anilines is 1. The maximum atomic E-state index is 11.9. The molecule has 0 aliphatic carbocycles. The monoisotopic (exact) mass is 271 g/mol. The third kappa shape index (κ3) is 5.06. The summed E-state index contributed by atoms with van der Waals surface area (Å²) < 4.78 is 22.4. The maximum absolute atomic E-state index is 11.9. The van der Waals surface area contributed by atoms with Crippen molar-refractivity contribution in [2.75, 3.05) is 31.8 Å². The fourth-order valence-corrected chi connectivity index (χ4v) is 2.77. The highest BCUT2D eigenvalue weighted by Crippen LogP contribution is 2.23. The van der Waals surface area contributed by atoms with Crippen molar-refractivity contribution in [1.29, 1.82) is 0 Å². The minimum Gasteiger partial charge on any atom is -0.494 e. The summed E-state index contributed by atoms with van der Waals surface area (Å²) in [5.41, 5.74) is 7.33. The molecule has 0 fully saturated rings. The number of rotatable bonds is 8. The maximum Gasteiger partial charge on any atom is 0.123 e. The standard InChI is InChI=1S/C13H21NO3S/c1-3-17-13-6-5-12(14)9-11(13)10-18(15)8-4-7-16-2/h5-6,9H,3-4,7-8,10,14H2,1-2H3. The molecule has 0 aromatic heterocycles. The van der Waals surface area contributed by atoms with Gasteiger partial charge in [-0.05, 0) is 31.5 Å². The molecule has 1 aromatic carbocycles. The molecule has 2 N–H and O–H groups in total. The summed E-state index contributed by atoms with van der Waals surface area (Å²) in [5, 5.41) is 0. The molecule has 102 valence electrons. The van der Waals surface area contributed by atoms with E-state index in [1.165, 1.54) is 0 Å². The van der Waals surface area contributed by atoms with Crippen LogP contribution in [0.1, 0.15) is 18.9 Å². The molecule has 0 amide bonds. The summed E-state index contributed by atoms with van der Waals surface area (Å²) in [6.45, 7) is 3.16. The van der Waals surface area contributed by atoms with E-state index in [4.69, 9.17) is 15.2 Å².